The largest absolute Gasteiger partial charge is 0.520 e. The Morgan fingerprint density at radius 2 is 1.82 bits per heavy atom. The maximum atomic E-state index is 6.21. The van der Waals surface area contributed by atoms with Crippen LogP contribution in [0.2, 0.25) is 12.1 Å². The molecule has 0 radical (unpaired) electrons. The highest BCUT2D eigenvalue weighted by molar-refractivity contribution is 6.68. The Balaban J connectivity index is 2.96. The summed E-state index contributed by atoms with van der Waals surface area (Å²) >= 11 is 0. The van der Waals surface area contributed by atoms with E-state index in [4.69, 9.17) is 8.85 Å². The first-order chi connectivity index (χ1) is 8.21. The molecular formula is C14H22O2Si. The molecule has 1 aromatic rings. The van der Waals surface area contributed by atoms with Gasteiger partial charge in [0.25, 0.3) is 0 Å². The van der Waals surface area contributed by atoms with Crippen molar-refractivity contribution in [3.63, 3.8) is 0 Å². The third kappa shape index (κ3) is 3.45. The van der Waals surface area contributed by atoms with Gasteiger partial charge in [-0.1, -0.05) is 44.7 Å². The number of benzene rings is 1. The predicted octanol–water partition coefficient (Wildman–Crippen LogP) is 4.23. The summed E-state index contributed by atoms with van der Waals surface area (Å²) in [6, 6.07) is 9.90. The molecule has 0 aliphatic heterocycles. The molecule has 17 heavy (non-hydrogen) atoms. The van der Waals surface area contributed by atoms with E-state index in [2.05, 4.69) is 20.4 Å². The summed E-state index contributed by atoms with van der Waals surface area (Å²) < 4.78 is 12.1. The van der Waals surface area contributed by atoms with Crippen LogP contribution < -0.4 is 4.43 Å². The van der Waals surface area contributed by atoms with Crippen LogP contribution in [0.15, 0.2) is 30.8 Å². The van der Waals surface area contributed by atoms with Crippen molar-refractivity contribution in [1.29, 1.82) is 0 Å². The quantitative estimate of drug-likeness (QED) is 0.674. The van der Waals surface area contributed by atoms with Gasteiger partial charge in [-0.15, -0.1) is 0 Å². The molecule has 0 fully saturated rings. The second-order valence-electron chi connectivity index (χ2n) is 3.89. The van der Waals surface area contributed by atoms with Crippen molar-refractivity contribution in [2.75, 3.05) is 6.61 Å². The topological polar surface area (TPSA) is 18.5 Å². The summed E-state index contributed by atoms with van der Waals surface area (Å²) in [7, 11) is -2.08. The first-order valence-electron chi connectivity index (χ1n) is 6.25. The first kappa shape index (κ1) is 14.0. The highest BCUT2D eigenvalue weighted by Gasteiger charge is 2.35. The third-order valence-electron chi connectivity index (χ3n) is 2.92. The lowest BCUT2D eigenvalue weighted by Gasteiger charge is -2.29. The highest BCUT2D eigenvalue weighted by atomic mass is 28.4. The van der Waals surface area contributed by atoms with E-state index in [1.54, 1.807) is 0 Å². The lowest BCUT2D eigenvalue weighted by atomic mass is 10.2. The van der Waals surface area contributed by atoms with Crippen LogP contribution in [0.4, 0.5) is 0 Å². The van der Waals surface area contributed by atoms with Crippen LogP contribution >= 0.6 is 0 Å². The van der Waals surface area contributed by atoms with Crippen molar-refractivity contribution in [2.45, 2.75) is 32.9 Å². The van der Waals surface area contributed by atoms with Gasteiger partial charge in [0.15, 0.2) is 0 Å². The molecule has 0 spiro atoms. The Bertz CT molecular complexity index is 359. The number of hydrogen-bond donors (Lipinski definition) is 0. The van der Waals surface area contributed by atoms with E-state index < -0.39 is 8.56 Å². The first-order valence-corrected chi connectivity index (χ1v) is 8.48. The van der Waals surface area contributed by atoms with Gasteiger partial charge in [-0.05, 0) is 25.1 Å². The van der Waals surface area contributed by atoms with E-state index in [-0.39, 0.29) is 0 Å². The molecule has 0 heterocycles. The van der Waals surface area contributed by atoms with Gasteiger partial charge < -0.3 is 8.85 Å². The van der Waals surface area contributed by atoms with Crippen LogP contribution in [0.25, 0.3) is 6.08 Å². The summed E-state index contributed by atoms with van der Waals surface area (Å²) in [4.78, 5) is 0. The molecule has 0 aliphatic carbocycles. The van der Waals surface area contributed by atoms with Gasteiger partial charge in [-0.2, -0.15) is 0 Å². The normalized spacial score (nSPS) is 11.2. The Kier molecular flexibility index (Phi) is 5.45. The Labute approximate surface area is 106 Å². The molecular weight excluding hydrogens is 228 g/mol. The van der Waals surface area contributed by atoms with Crippen molar-refractivity contribution in [1.82, 2.24) is 0 Å². The van der Waals surface area contributed by atoms with Crippen LogP contribution in [-0.4, -0.2) is 15.2 Å². The maximum absolute atomic E-state index is 6.21. The minimum atomic E-state index is -2.08. The van der Waals surface area contributed by atoms with Crippen molar-refractivity contribution in [3.8, 4) is 5.75 Å². The predicted molar refractivity (Wildman–Crippen MR) is 75.5 cm³/mol. The summed E-state index contributed by atoms with van der Waals surface area (Å²) in [5.74, 6) is 0.895. The molecule has 0 bridgehead atoms. The van der Waals surface area contributed by atoms with E-state index in [0.717, 1.165) is 23.4 Å². The number of hydrogen-bond acceptors (Lipinski definition) is 2. The van der Waals surface area contributed by atoms with Crippen LogP contribution in [0, 0.1) is 0 Å². The highest BCUT2D eigenvalue weighted by Crippen LogP contribution is 2.26. The second kappa shape index (κ2) is 6.62. The molecule has 1 aromatic carbocycles. The summed E-state index contributed by atoms with van der Waals surface area (Å²) in [5, 5.41) is 0. The van der Waals surface area contributed by atoms with Gasteiger partial charge in [0.2, 0.25) is 0 Å². The van der Waals surface area contributed by atoms with Gasteiger partial charge in [-0.25, -0.2) is 0 Å². The van der Waals surface area contributed by atoms with Crippen molar-refractivity contribution in [2.24, 2.45) is 0 Å². The average Bonchev–Trinajstić information content (AvgIpc) is 2.38. The molecule has 0 saturated heterocycles. The zero-order valence-corrected chi connectivity index (χ0v) is 12.0. The molecule has 2 nitrogen and oxygen atoms in total. The summed E-state index contributed by atoms with van der Waals surface area (Å²) in [6.07, 6.45) is 1.83. The van der Waals surface area contributed by atoms with E-state index in [1.807, 2.05) is 37.3 Å². The molecule has 0 atom stereocenters. The fourth-order valence-corrected chi connectivity index (χ4v) is 4.20. The Morgan fingerprint density at radius 1 is 1.18 bits per heavy atom. The van der Waals surface area contributed by atoms with Gasteiger partial charge in [-0.3, -0.25) is 0 Å². The van der Waals surface area contributed by atoms with Gasteiger partial charge in [0.05, 0.1) is 0 Å². The number of rotatable bonds is 7. The molecule has 0 unspecified atom stereocenters. The van der Waals surface area contributed by atoms with Crippen LogP contribution in [0.5, 0.6) is 5.75 Å². The fourth-order valence-electron chi connectivity index (χ4n) is 1.83. The molecule has 3 heteroatoms. The second-order valence-corrected chi connectivity index (χ2v) is 7.62. The van der Waals surface area contributed by atoms with E-state index >= 15 is 0 Å². The summed E-state index contributed by atoms with van der Waals surface area (Å²) in [5.41, 5.74) is 1.03. The molecule has 0 N–H and O–H groups in total. The molecule has 0 aliphatic rings. The third-order valence-corrected chi connectivity index (χ3v) is 6.48. The van der Waals surface area contributed by atoms with Crippen LogP contribution in [0.3, 0.4) is 0 Å². The molecule has 0 saturated carbocycles. The molecule has 0 amide bonds. The fraction of sp³-hybridized carbons (Fsp3) is 0.429. The lowest BCUT2D eigenvalue weighted by Crippen LogP contribution is -2.44. The van der Waals surface area contributed by atoms with E-state index in [0.29, 0.717) is 6.61 Å². The van der Waals surface area contributed by atoms with Crippen molar-refractivity contribution >= 4 is 14.6 Å². The Hall–Kier alpha value is -1.06. The van der Waals surface area contributed by atoms with E-state index in [9.17, 15) is 0 Å². The van der Waals surface area contributed by atoms with Crippen LogP contribution in [-0.2, 0) is 4.43 Å². The molecule has 94 valence electrons. The molecule has 1 rings (SSSR count). The minimum absolute atomic E-state index is 0.712. The maximum Gasteiger partial charge on any atom is 0.398 e. The lowest BCUT2D eigenvalue weighted by molar-refractivity contribution is 0.252. The van der Waals surface area contributed by atoms with Crippen molar-refractivity contribution in [3.05, 3.63) is 36.4 Å². The Morgan fingerprint density at radius 3 is 2.35 bits per heavy atom. The van der Waals surface area contributed by atoms with Gasteiger partial charge in [0, 0.05) is 12.2 Å². The van der Waals surface area contributed by atoms with Gasteiger partial charge >= 0.3 is 8.56 Å². The van der Waals surface area contributed by atoms with Crippen molar-refractivity contribution < 1.29 is 8.85 Å². The standard InChI is InChI=1S/C14H22O2Si/c1-5-13-11-9-10-12-14(13)16-17(7-3,8-4)15-6-2/h5,9-12H,1,6-8H2,2-4H3. The smallest absolute Gasteiger partial charge is 0.398 e. The average molecular weight is 250 g/mol. The monoisotopic (exact) mass is 250 g/mol. The minimum Gasteiger partial charge on any atom is -0.520 e. The number of para-hydroxylation sites is 1. The van der Waals surface area contributed by atoms with E-state index in [1.165, 1.54) is 0 Å². The zero-order valence-electron chi connectivity index (χ0n) is 11.0. The van der Waals surface area contributed by atoms with Crippen LogP contribution in [0.1, 0.15) is 26.3 Å². The SMILES string of the molecule is C=Cc1ccccc1O[Si](CC)(CC)OCC. The zero-order chi connectivity index (χ0) is 12.7. The summed E-state index contributed by atoms with van der Waals surface area (Å²) in [6.45, 7) is 10.8. The van der Waals surface area contributed by atoms with Gasteiger partial charge in [0.1, 0.15) is 5.75 Å². The molecule has 0 aromatic heterocycles.